The molecular weight excluding hydrogens is 254 g/mol. The Morgan fingerprint density at radius 3 is 2.80 bits per heavy atom. The van der Waals surface area contributed by atoms with Gasteiger partial charge in [-0.15, -0.1) is 0 Å². The first kappa shape index (κ1) is 14.2. The van der Waals surface area contributed by atoms with Gasteiger partial charge in [-0.1, -0.05) is 0 Å². The molecule has 106 valence electrons. The molecule has 2 rings (SSSR count). The van der Waals surface area contributed by atoms with E-state index in [0.717, 1.165) is 41.7 Å². The van der Waals surface area contributed by atoms with Gasteiger partial charge in [-0.2, -0.15) is 0 Å². The zero-order chi connectivity index (χ0) is 14.5. The van der Waals surface area contributed by atoms with Crippen LogP contribution in [-0.2, 0) is 4.79 Å². The minimum atomic E-state index is -0.950. The molecule has 1 aliphatic heterocycles. The Morgan fingerprint density at radius 1 is 1.40 bits per heavy atom. The summed E-state index contributed by atoms with van der Waals surface area (Å²) < 4.78 is 5.71. The van der Waals surface area contributed by atoms with E-state index in [4.69, 9.17) is 9.84 Å². The molecule has 0 spiro atoms. The monoisotopic (exact) mass is 273 g/mol. The first-order valence-electron chi connectivity index (χ1n) is 6.77. The van der Waals surface area contributed by atoms with Crippen LogP contribution in [0.5, 0.6) is 5.75 Å². The fourth-order valence-corrected chi connectivity index (χ4v) is 2.23. The summed E-state index contributed by atoms with van der Waals surface area (Å²) in [4.78, 5) is 12.8. The number of nitrogens with zero attached hydrogens (tertiary/aromatic N) is 1. The van der Waals surface area contributed by atoms with Crippen LogP contribution in [0.1, 0.15) is 19.4 Å². The van der Waals surface area contributed by atoms with Gasteiger partial charge in [0.1, 0.15) is 12.4 Å². The molecule has 20 heavy (non-hydrogen) atoms. The van der Waals surface area contributed by atoms with Crippen LogP contribution >= 0.6 is 0 Å². The first-order valence-corrected chi connectivity index (χ1v) is 6.77. The molecule has 0 aliphatic carbocycles. The lowest BCUT2D eigenvalue weighted by Gasteiger charge is -2.23. The molecule has 0 fully saturated rings. The topological polar surface area (TPSA) is 49.8 Å². The van der Waals surface area contributed by atoms with E-state index >= 15 is 0 Å². The maximum Gasteiger partial charge on any atom is 0.328 e. The summed E-state index contributed by atoms with van der Waals surface area (Å²) in [7, 11) is 0. The van der Waals surface area contributed by atoms with Crippen molar-refractivity contribution in [1.82, 2.24) is 0 Å². The van der Waals surface area contributed by atoms with Gasteiger partial charge in [0, 0.05) is 36.5 Å². The fraction of sp³-hybridized carbons (Fsp3) is 0.312. The third-order valence-electron chi connectivity index (χ3n) is 3.30. The molecule has 1 aromatic carbocycles. The number of benzene rings is 1. The zero-order valence-corrected chi connectivity index (χ0v) is 11.8. The maximum absolute atomic E-state index is 10.5. The summed E-state index contributed by atoms with van der Waals surface area (Å²) in [5.74, 6) is -0.101. The molecule has 1 N–H and O–H groups in total. The van der Waals surface area contributed by atoms with Crippen molar-refractivity contribution in [2.75, 3.05) is 24.6 Å². The van der Waals surface area contributed by atoms with E-state index in [1.165, 1.54) is 0 Å². The second kappa shape index (κ2) is 6.28. The number of rotatable bonds is 5. The van der Waals surface area contributed by atoms with Crippen LogP contribution in [0.15, 0.2) is 35.9 Å². The molecule has 0 radical (unpaired) electrons. The number of carbonyl (C=O) groups is 1. The van der Waals surface area contributed by atoms with Crippen molar-refractivity contribution in [2.24, 2.45) is 0 Å². The maximum atomic E-state index is 10.5. The van der Waals surface area contributed by atoms with Gasteiger partial charge in [-0.05, 0) is 43.7 Å². The van der Waals surface area contributed by atoms with E-state index in [1.807, 2.05) is 18.2 Å². The molecular formula is C16H19NO3. The quantitative estimate of drug-likeness (QED) is 0.838. The van der Waals surface area contributed by atoms with Crippen molar-refractivity contribution in [2.45, 2.75) is 13.8 Å². The summed E-state index contributed by atoms with van der Waals surface area (Å²) >= 11 is 0. The van der Waals surface area contributed by atoms with Crippen LogP contribution < -0.4 is 9.64 Å². The molecule has 0 aromatic heterocycles. The van der Waals surface area contributed by atoms with Crippen molar-refractivity contribution in [3.05, 3.63) is 41.5 Å². The number of aliphatic carboxylic acids is 1. The SMILES string of the molecule is CCN(CC)c1ccc2c(c1)OCC(C=CC(=O)O)=C2. The average Bonchev–Trinajstić information content (AvgIpc) is 2.46. The summed E-state index contributed by atoms with van der Waals surface area (Å²) in [5, 5.41) is 8.63. The van der Waals surface area contributed by atoms with Crippen molar-refractivity contribution >= 4 is 17.7 Å². The standard InChI is InChI=1S/C16H19NO3/c1-3-17(4-2)14-7-6-13-9-12(5-8-16(18)19)11-20-15(13)10-14/h5-10H,3-4,11H2,1-2H3,(H,18,19). The molecule has 4 nitrogen and oxygen atoms in total. The minimum absolute atomic E-state index is 0.401. The molecule has 0 bridgehead atoms. The number of carboxylic acid groups (broad SMARTS) is 1. The number of fused-ring (bicyclic) bond motifs is 1. The lowest BCUT2D eigenvalue weighted by atomic mass is 10.1. The number of ether oxygens (including phenoxy) is 1. The highest BCUT2D eigenvalue weighted by Gasteiger charge is 2.12. The molecule has 0 atom stereocenters. The summed E-state index contributed by atoms with van der Waals surface area (Å²) in [6.07, 6.45) is 4.66. The van der Waals surface area contributed by atoms with E-state index in [2.05, 4.69) is 24.8 Å². The molecule has 0 saturated heterocycles. The van der Waals surface area contributed by atoms with E-state index in [-0.39, 0.29) is 0 Å². The molecule has 0 amide bonds. The van der Waals surface area contributed by atoms with Crippen LogP contribution in [-0.4, -0.2) is 30.8 Å². The van der Waals surface area contributed by atoms with Gasteiger partial charge in [-0.3, -0.25) is 0 Å². The van der Waals surface area contributed by atoms with E-state index in [1.54, 1.807) is 6.08 Å². The summed E-state index contributed by atoms with van der Waals surface area (Å²) in [6.45, 7) is 6.56. The van der Waals surface area contributed by atoms with Crippen molar-refractivity contribution in [1.29, 1.82) is 0 Å². The highest BCUT2D eigenvalue weighted by Crippen LogP contribution is 2.31. The Morgan fingerprint density at radius 2 is 2.15 bits per heavy atom. The minimum Gasteiger partial charge on any atom is -0.488 e. The van der Waals surface area contributed by atoms with Gasteiger partial charge in [-0.25, -0.2) is 4.79 Å². The molecule has 1 aliphatic rings. The van der Waals surface area contributed by atoms with Crippen molar-refractivity contribution < 1.29 is 14.6 Å². The van der Waals surface area contributed by atoms with Crippen LogP contribution in [0.25, 0.3) is 6.08 Å². The largest absolute Gasteiger partial charge is 0.488 e. The Labute approximate surface area is 119 Å². The van der Waals surface area contributed by atoms with Gasteiger partial charge in [0.25, 0.3) is 0 Å². The van der Waals surface area contributed by atoms with Crippen molar-refractivity contribution in [3.63, 3.8) is 0 Å². The summed E-state index contributed by atoms with van der Waals surface area (Å²) in [6, 6.07) is 6.11. The van der Waals surface area contributed by atoms with Gasteiger partial charge in [0.2, 0.25) is 0 Å². The highest BCUT2D eigenvalue weighted by molar-refractivity contribution is 5.81. The third-order valence-corrected chi connectivity index (χ3v) is 3.30. The van der Waals surface area contributed by atoms with Gasteiger partial charge in [0.15, 0.2) is 0 Å². The number of anilines is 1. The zero-order valence-electron chi connectivity index (χ0n) is 11.8. The van der Waals surface area contributed by atoms with Crippen molar-refractivity contribution in [3.8, 4) is 5.75 Å². The second-order valence-corrected chi connectivity index (χ2v) is 4.57. The van der Waals surface area contributed by atoms with Crippen LogP contribution in [0.4, 0.5) is 5.69 Å². The van der Waals surface area contributed by atoms with E-state index in [0.29, 0.717) is 6.61 Å². The predicted molar refractivity (Wildman–Crippen MR) is 80.3 cm³/mol. The van der Waals surface area contributed by atoms with E-state index in [9.17, 15) is 4.79 Å². The van der Waals surface area contributed by atoms with Gasteiger partial charge < -0.3 is 14.7 Å². The normalized spacial score (nSPS) is 13.6. The third kappa shape index (κ3) is 3.20. The predicted octanol–water partition coefficient (Wildman–Crippen LogP) is 2.95. The Balaban J connectivity index is 2.24. The smallest absolute Gasteiger partial charge is 0.328 e. The number of carboxylic acids is 1. The Bertz CT molecular complexity index is 557. The van der Waals surface area contributed by atoms with E-state index < -0.39 is 5.97 Å². The van der Waals surface area contributed by atoms with Gasteiger partial charge >= 0.3 is 5.97 Å². The van der Waals surface area contributed by atoms with Crippen LogP contribution in [0.2, 0.25) is 0 Å². The lowest BCUT2D eigenvalue weighted by molar-refractivity contribution is -0.131. The fourth-order valence-electron chi connectivity index (χ4n) is 2.23. The highest BCUT2D eigenvalue weighted by atomic mass is 16.5. The first-order chi connectivity index (χ1) is 9.63. The average molecular weight is 273 g/mol. The van der Waals surface area contributed by atoms with Gasteiger partial charge in [0.05, 0.1) is 0 Å². The molecule has 4 heteroatoms. The van der Waals surface area contributed by atoms with Crippen LogP contribution in [0.3, 0.4) is 0 Å². The van der Waals surface area contributed by atoms with Crippen LogP contribution in [0, 0.1) is 0 Å². The molecule has 0 unspecified atom stereocenters. The number of hydrogen-bond acceptors (Lipinski definition) is 3. The molecule has 1 heterocycles. The second-order valence-electron chi connectivity index (χ2n) is 4.57. The Hall–Kier alpha value is -2.23. The lowest BCUT2D eigenvalue weighted by Crippen LogP contribution is -2.22. The number of hydrogen-bond donors (Lipinski definition) is 1. The molecule has 1 aromatic rings. The molecule has 0 saturated carbocycles. The Kier molecular flexibility index (Phi) is 4.45. The summed E-state index contributed by atoms with van der Waals surface area (Å²) in [5.41, 5.74) is 2.99.